The number of nitrogens with one attached hydrogen (secondary N) is 1. The van der Waals surface area contributed by atoms with Gasteiger partial charge in [-0.2, -0.15) is 13.2 Å². The maximum atomic E-state index is 10.6. The van der Waals surface area contributed by atoms with Crippen molar-refractivity contribution in [3.8, 4) is 16.9 Å². The zero-order valence-electron chi connectivity index (χ0n) is 16.2. The van der Waals surface area contributed by atoms with Gasteiger partial charge in [-0.3, -0.25) is 0 Å². The number of ether oxygens (including phenoxy) is 1. The Bertz CT molecular complexity index is 1250. The van der Waals surface area contributed by atoms with Crippen molar-refractivity contribution in [2.24, 2.45) is 0 Å². The van der Waals surface area contributed by atoms with Crippen LogP contribution >= 0.6 is 0 Å². The van der Waals surface area contributed by atoms with E-state index >= 15 is 0 Å². The summed E-state index contributed by atoms with van der Waals surface area (Å²) < 4.78 is 44.0. The Morgan fingerprint density at radius 3 is 2.39 bits per heavy atom. The molecular formula is C23H18F3NO4. The Morgan fingerprint density at radius 2 is 1.61 bits per heavy atom. The van der Waals surface area contributed by atoms with Gasteiger partial charge in [-0.05, 0) is 6.07 Å². The maximum Gasteiger partial charge on any atom is 0.490 e. The normalized spacial score (nSPS) is 13.6. The predicted octanol–water partition coefficient (Wildman–Crippen LogP) is 5.37. The Hall–Kier alpha value is -3.52. The standard InChI is InChI=1S/C21H17NO2.C2HF3O2/c1-2-10-19-15(6-1)16-8-4-9-18(21(16)24-19)17-7-3-5-14-13-22-11-12-23-20(14)17;3-2(4,5)1(6)7/h1-10,22H,11-13H2;(H,6,7). The first kappa shape index (κ1) is 20.7. The van der Waals surface area contributed by atoms with Crippen molar-refractivity contribution in [1.82, 2.24) is 5.32 Å². The number of carbonyl (C=O) groups is 1. The zero-order chi connectivity index (χ0) is 22.0. The molecule has 5 nitrogen and oxygen atoms in total. The maximum absolute atomic E-state index is 10.6. The number of halogens is 3. The van der Waals surface area contributed by atoms with E-state index in [0.29, 0.717) is 6.61 Å². The van der Waals surface area contributed by atoms with Gasteiger partial charge in [-0.15, -0.1) is 0 Å². The molecule has 8 heteroatoms. The molecule has 160 valence electrons. The van der Waals surface area contributed by atoms with Crippen LogP contribution in [0.3, 0.4) is 0 Å². The largest absolute Gasteiger partial charge is 0.491 e. The van der Waals surface area contributed by atoms with E-state index in [4.69, 9.17) is 19.1 Å². The van der Waals surface area contributed by atoms with Gasteiger partial charge in [0.15, 0.2) is 0 Å². The molecular weight excluding hydrogens is 411 g/mol. The zero-order valence-corrected chi connectivity index (χ0v) is 16.2. The fourth-order valence-electron chi connectivity index (χ4n) is 3.51. The number of hydrogen-bond donors (Lipinski definition) is 2. The Labute approximate surface area is 175 Å². The summed E-state index contributed by atoms with van der Waals surface area (Å²) in [6, 6.07) is 20.8. The molecule has 2 heterocycles. The van der Waals surface area contributed by atoms with E-state index < -0.39 is 12.1 Å². The predicted molar refractivity (Wildman–Crippen MR) is 110 cm³/mol. The van der Waals surface area contributed by atoms with Crippen LogP contribution in [0.15, 0.2) is 65.1 Å². The first-order valence-electron chi connectivity index (χ1n) is 9.52. The van der Waals surface area contributed by atoms with Crippen molar-refractivity contribution < 1.29 is 32.2 Å². The molecule has 1 aliphatic rings. The molecule has 0 saturated heterocycles. The number of aliphatic carboxylic acids is 1. The van der Waals surface area contributed by atoms with Gasteiger partial charge in [-0.25, -0.2) is 4.79 Å². The summed E-state index contributed by atoms with van der Waals surface area (Å²) in [5.74, 6) is -1.79. The van der Waals surface area contributed by atoms with Crippen molar-refractivity contribution in [3.63, 3.8) is 0 Å². The number of carboxylic acid groups (broad SMARTS) is 1. The number of furan rings is 1. The molecule has 0 fully saturated rings. The first-order valence-corrected chi connectivity index (χ1v) is 9.52. The van der Waals surface area contributed by atoms with Crippen LogP contribution in [0.25, 0.3) is 33.1 Å². The van der Waals surface area contributed by atoms with Crippen molar-refractivity contribution in [1.29, 1.82) is 0 Å². The average molecular weight is 429 g/mol. The molecule has 2 N–H and O–H groups in total. The van der Waals surface area contributed by atoms with E-state index in [9.17, 15) is 13.2 Å². The van der Waals surface area contributed by atoms with Crippen molar-refractivity contribution in [2.75, 3.05) is 13.2 Å². The van der Waals surface area contributed by atoms with E-state index in [1.807, 2.05) is 18.2 Å². The fourth-order valence-corrected chi connectivity index (χ4v) is 3.51. The molecule has 0 aliphatic carbocycles. The van der Waals surface area contributed by atoms with Crippen LogP contribution in [-0.2, 0) is 11.3 Å². The molecule has 31 heavy (non-hydrogen) atoms. The van der Waals surface area contributed by atoms with E-state index in [-0.39, 0.29) is 0 Å². The van der Waals surface area contributed by atoms with Crippen LogP contribution < -0.4 is 10.1 Å². The summed E-state index contributed by atoms with van der Waals surface area (Å²) in [6.07, 6.45) is -5.08. The van der Waals surface area contributed by atoms with E-state index in [2.05, 4.69) is 47.8 Å². The van der Waals surface area contributed by atoms with Gasteiger partial charge >= 0.3 is 12.1 Å². The molecule has 0 bridgehead atoms. The second-order valence-electron chi connectivity index (χ2n) is 6.90. The van der Waals surface area contributed by atoms with Crippen molar-refractivity contribution in [3.05, 3.63) is 66.2 Å². The summed E-state index contributed by atoms with van der Waals surface area (Å²) in [4.78, 5) is 8.90. The topological polar surface area (TPSA) is 71.7 Å². The molecule has 1 aliphatic heterocycles. The first-order chi connectivity index (χ1) is 14.9. The minimum atomic E-state index is -5.08. The highest BCUT2D eigenvalue weighted by Crippen LogP contribution is 2.40. The number of para-hydroxylation sites is 3. The molecule has 0 atom stereocenters. The second-order valence-corrected chi connectivity index (χ2v) is 6.90. The van der Waals surface area contributed by atoms with Gasteiger partial charge in [0, 0.05) is 40.6 Å². The van der Waals surface area contributed by atoms with Crippen LogP contribution in [-0.4, -0.2) is 30.4 Å². The monoisotopic (exact) mass is 429 g/mol. The summed E-state index contributed by atoms with van der Waals surface area (Å²) in [5.41, 5.74) is 5.22. The number of rotatable bonds is 1. The summed E-state index contributed by atoms with van der Waals surface area (Å²) in [6.45, 7) is 2.38. The molecule has 3 aromatic carbocycles. The third kappa shape index (κ3) is 4.20. The highest BCUT2D eigenvalue weighted by Gasteiger charge is 2.38. The Morgan fingerprint density at radius 1 is 0.935 bits per heavy atom. The summed E-state index contributed by atoms with van der Waals surface area (Å²) in [5, 5.41) is 12.8. The second kappa shape index (κ2) is 8.31. The van der Waals surface area contributed by atoms with Crippen LogP contribution in [0.1, 0.15) is 5.56 Å². The third-order valence-electron chi connectivity index (χ3n) is 4.87. The lowest BCUT2D eigenvalue weighted by atomic mass is 9.99. The number of hydrogen-bond acceptors (Lipinski definition) is 4. The molecule has 0 saturated carbocycles. The van der Waals surface area contributed by atoms with E-state index in [0.717, 1.165) is 51.9 Å². The number of fused-ring (bicyclic) bond motifs is 4. The molecule has 0 spiro atoms. The lowest BCUT2D eigenvalue weighted by Gasteiger charge is -2.13. The van der Waals surface area contributed by atoms with Gasteiger partial charge in [-0.1, -0.05) is 54.6 Å². The van der Waals surface area contributed by atoms with Gasteiger partial charge in [0.25, 0.3) is 0 Å². The van der Waals surface area contributed by atoms with Crippen LogP contribution in [0, 0.1) is 0 Å². The van der Waals surface area contributed by atoms with Gasteiger partial charge in [0.1, 0.15) is 23.5 Å². The molecule has 0 radical (unpaired) electrons. The van der Waals surface area contributed by atoms with E-state index in [1.165, 1.54) is 5.56 Å². The third-order valence-corrected chi connectivity index (χ3v) is 4.87. The smallest absolute Gasteiger partial charge is 0.490 e. The molecule has 5 rings (SSSR count). The quantitative estimate of drug-likeness (QED) is 0.426. The Kier molecular flexibility index (Phi) is 5.56. The highest BCUT2D eigenvalue weighted by molar-refractivity contribution is 6.09. The van der Waals surface area contributed by atoms with Crippen LogP contribution in [0.4, 0.5) is 13.2 Å². The fraction of sp³-hybridized carbons (Fsp3) is 0.174. The molecule has 1 aromatic heterocycles. The van der Waals surface area contributed by atoms with Crippen LogP contribution in [0.2, 0.25) is 0 Å². The average Bonchev–Trinajstić information content (AvgIpc) is 2.95. The van der Waals surface area contributed by atoms with Gasteiger partial charge in [0.05, 0.1) is 0 Å². The highest BCUT2D eigenvalue weighted by atomic mass is 19.4. The number of alkyl halides is 3. The van der Waals surface area contributed by atoms with Crippen molar-refractivity contribution in [2.45, 2.75) is 12.7 Å². The lowest BCUT2D eigenvalue weighted by Crippen LogP contribution is -2.21. The SMILES string of the molecule is O=C(O)C(F)(F)F.c1cc2c(c(-c3cccc4c3oc3ccccc34)c1)OCCNC2. The van der Waals surface area contributed by atoms with Gasteiger partial charge in [0.2, 0.25) is 0 Å². The van der Waals surface area contributed by atoms with Crippen LogP contribution in [0.5, 0.6) is 5.75 Å². The van der Waals surface area contributed by atoms with Gasteiger partial charge < -0.3 is 19.6 Å². The Balaban J connectivity index is 0.000000289. The lowest BCUT2D eigenvalue weighted by molar-refractivity contribution is -0.192. The molecule has 0 amide bonds. The molecule has 4 aromatic rings. The minimum Gasteiger partial charge on any atom is -0.491 e. The molecule has 0 unspecified atom stereocenters. The number of carboxylic acids is 1. The van der Waals surface area contributed by atoms with E-state index in [1.54, 1.807) is 0 Å². The van der Waals surface area contributed by atoms with Crippen molar-refractivity contribution >= 4 is 27.9 Å². The minimum absolute atomic E-state index is 0.681. The summed E-state index contributed by atoms with van der Waals surface area (Å²) in [7, 11) is 0. The summed E-state index contributed by atoms with van der Waals surface area (Å²) >= 11 is 0. The number of benzene rings is 3.